The predicted molar refractivity (Wildman–Crippen MR) is 120 cm³/mol. The number of hydrogen-bond donors (Lipinski definition) is 0. The fraction of sp³-hybridized carbons (Fsp3) is 0.417. The highest BCUT2D eigenvalue weighted by atomic mass is 31.1. The molecular formula is C24H30O5P. The number of methoxy groups -OCH3 is 2. The smallest absolute Gasteiger partial charge is 0.243 e. The molecule has 6 heteroatoms. The predicted octanol–water partition coefficient (Wildman–Crippen LogP) is 5.86. The number of Topliss-reactive ketones (excluding diaryl/α,β-unsaturated/α-hetero) is 1. The van der Waals surface area contributed by atoms with Gasteiger partial charge in [0, 0.05) is 11.6 Å². The summed E-state index contributed by atoms with van der Waals surface area (Å²) >= 11 is 0. The molecule has 0 spiro atoms. The zero-order chi connectivity index (χ0) is 22.8. The summed E-state index contributed by atoms with van der Waals surface area (Å²) in [6.45, 7) is 11.5. The number of ether oxygens (including phenoxy) is 2. The highest BCUT2D eigenvalue weighted by Gasteiger charge is 2.32. The summed E-state index contributed by atoms with van der Waals surface area (Å²) in [4.78, 5) is 26.1. The SMILES string of the molecule is COc1ccc(C(=O)C(C)[P](=O)C(=O)c2c(C)cc(C(C)(C)C)cc2C)c(OC)c1. The van der Waals surface area contributed by atoms with Crippen LogP contribution in [0.3, 0.4) is 0 Å². The number of aryl methyl sites for hydroxylation is 2. The first-order valence-electron chi connectivity index (χ1n) is 9.81. The van der Waals surface area contributed by atoms with Gasteiger partial charge in [0.1, 0.15) is 11.5 Å². The molecule has 2 unspecified atom stereocenters. The zero-order valence-corrected chi connectivity index (χ0v) is 19.8. The Kier molecular flexibility index (Phi) is 7.20. The van der Waals surface area contributed by atoms with Crippen molar-refractivity contribution < 1.29 is 23.6 Å². The molecule has 0 saturated carbocycles. The van der Waals surface area contributed by atoms with E-state index >= 15 is 0 Å². The average molecular weight is 429 g/mol. The van der Waals surface area contributed by atoms with Crippen LogP contribution in [0.15, 0.2) is 30.3 Å². The van der Waals surface area contributed by atoms with Crippen LogP contribution in [-0.2, 0) is 9.98 Å². The molecule has 0 amide bonds. The van der Waals surface area contributed by atoms with Crippen molar-refractivity contribution in [3.8, 4) is 11.5 Å². The van der Waals surface area contributed by atoms with Crippen LogP contribution >= 0.6 is 7.80 Å². The fourth-order valence-electron chi connectivity index (χ4n) is 3.35. The Hall–Kier alpha value is -2.52. The van der Waals surface area contributed by atoms with Crippen LogP contribution in [0.2, 0.25) is 0 Å². The van der Waals surface area contributed by atoms with Crippen LogP contribution < -0.4 is 9.47 Å². The first-order valence-corrected chi connectivity index (χ1v) is 11.1. The molecule has 0 aliphatic carbocycles. The van der Waals surface area contributed by atoms with Gasteiger partial charge in [-0.3, -0.25) is 14.2 Å². The molecule has 0 aliphatic heterocycles. The monoisotopic (exact) mass is 429 g/mol. The molecular weight excluding hydrogens is 399 g/mol. The Morgan fingerprint density at radius 1 is 0.967 bits per heavy atom. The summed E-state index contributed by atoms with van der Waals surface area (Å²) in [6.07, 6.45) is 0. The Labute approximate surface area is 179 Å². The van der Waals surface area contributed by atoms with Gasteiger partial charge in [-0.1, -0.05) is 32.9 Å². The molecule has 0 aromatic heterocycles. The van der Waals surface area contributed by atoms with Crippen molar-refractivity contribution >= 4 is 19.1 Å². The van der Waals surface area contributed by atoms with E-state index in [1.807, 2.05) is 26.0 Å². The third-order valence-electron chi connectivity index (χ3n) is 5.22. The highest BCUT2D eigenvalue weighted by molar-refractivity contribution is 7.66. The maximum Gasteiger partial charge on any atom is 0.243 e. The van der Waals surface area contributed by atoms with Crippen molar-refractivity contribution in [1.82, 2.24) is 0 Å². The van der Waals surface area contributed by atoms with Gasteiger partial charge in [0.2, 0.25) is 5.52 Å². The van der Waals surface area contributed by atoms with Crippen LogP contribution in [-0.4, -0.2) is 31.2 Å². The summed E-state index contributed by atoms with van der Waals surface area (Å²) in [5, 5.41) is 0. The second-order valence-corrected chi connectivity index (χ2v) is 10.3. The molecule has 0 fully saturated rings. The molecule has 5 nitrogen and oxygen atoms in total. The molecule has 30 heavy (non-hydrogen) atoms. The van der Waals surface area contributed by atoms with E-state index in [9.17, 15) is 14.2 Å². The molecule has 2 aromatic carbocycles. The van der Waals surface area contributed by atoms with Gasteiger partial charge in [-0.15, -0.1) is 0 Å². The van der Waals surface area contributed by atoms with E-state index in [-0.39, 0.29) is 11.0 Å². The van der Waals surface area contributed by atoms with Crippen molar-refractivity contribution in [2.24, 2.45) is 0 Å². The van der Waals surface area contributed by atoms with Gasteiger partial charge in [0.25, 0.3) is 0 Å². The first kappa shape index (κ1) is 23.8. The molecule has 0 heterocycles. The molecule has 2 rings (SSSR count). The molecule has 2 atom stereocenters. The van der Waals surface area contributed by atoms with E-state index in [2.05, 4.69) is 20.8 Å². The average Bonchev–Trinajstić information content (AvgIpc) is 2.70. The normalized spacial score (nSPS) is 12.9. The topological polar surface area (TPSA) is 69.7 Å². The van der Waals surface area contributed by atoms with Gasteiger partial charge in [-0.25, -0.2) is 0 Å². The number of ketones is 1. The Bertz CT molecular complexity index is 978. The van der Waals surface area contributed by atoms with Crippen LogP contribution in [0, 0.1) is 13.8 Å². The van der Waals surface area contributed by atoms with Gasteiger partial charge in [0.05, 0.1) is 25.4 Å². The summed E-state index contributed by atoms with van der Waals surface area (Å²) in [5.41, 5.74) is 1.84. The van der Waals surface area contributed by atoms with E-state index in [0.29, 0.717) is 17.1 Å². The molecule has 0 saturated heterocycles. The number of benzene rings is 2. The van der Waals surface area contributed by atoms with Crippen LogP contribution in [0.4, 0.5) is 0 Å². The minimum absolute atomic E-state index is 0.0620. The summed E-state index contributed by atoms with van der Waals surface area (Å²) in [6, 6.07) is 8.72. The molecule has 1 radical (unpaired) electrons. The second-order valence-electron chi connectivity index (χ2n) is 8.47. The third-order valence-corrected chi connectivity index (χ3v) is 6.78. The van der Waals surface area contributed by atoms with Crippen LogP contribution in [0.25, 0.3) is 0 Å². The van der Waals surface area contributed by atoms with Crippen molar-refractivity contribution in [2.45, 2.75) is 52.6 Å². The van der Waals surface area contributed by atoms with E-state index in [0.717, 1.165) is 16.7 Å². The second kappa shape index (κ2) is 9.09. The summed E-state index contributed by atoms with van der Waals surface area (Å²) in [7, 11) is 0.501. The standard InChI is InChI=1S/C24H30O5P/c1-14-11-17(24(4,5)6)12-15(2)21(14)23(26)30(27)16(3)22(25)19-10-9-18(28-7)13-20(19)29-8/h9-13,16H,1-8H3. The lowest BCUT2D eigenvalue weighted by Gasteiger charge is -2.22. The van der Waals surface area contributed by atoms with E-state index in [1.165, 1.54) is 21.1 Å². The Morgan fingerprint density at radius 3 is 2.00 bits per heavy atom. The van der Waals surface area contributed by atoms with Crippen molar-refractivity contribution in [1.29, 1.82) is 0 Å². The number of rotatable bonds is 7. The van der Waals surface area contributed by atoms with Crippen molar-refractivity contribution in [3.05, 3.63) is 58.1 Å². The van der Waals surface area contributed by atoms with Crippen LogP contribution in [0.1, 0.15) is 65.1 Å². The maximum atomic E-state index is 13.1. The number of carbonyl (C=O) groups is 2. The quantitative estimate of drug-likeness (QED) is 0.407. The van der Waals surface area contributed by atoms with Crippen molar-refractivity contribution in [2.75, 3.05) is 14.2 Å². The summed E-state index contributed by atoms with van der Waals surface area (Å²) in [5.74, 6) is 0.469. The van der Waals surface area contributed by atoms with Gasteiger partial charge in [-0.2, -0.15) is 0 Å². The summed E-state index contributed by atoms with van der Waals surface area (Å²) < 4.78 is 23.5. The van der Waals surface area contributed by atoms with E-state index in [4.69, 9.17) is 9.47 Å². The van der Waals surface area contributed by atoms with E-state index < -0.39 is 24.8 Å². The van der Waals surface area contributed by atoms with Gasteiger partial charge in [-0.05, 0) is 55.0 Å². The maximum absolute atomic E-state index is 13.1. The van der Waals surface area contributed by atoms with E-state index in [1.54, 1.807) is 18.2 Å². The Balaban J connectivity index is 2.37. The zero-order valence-electron chi connectivity index (χ0n) is 19.0. The highest BCUT2D eigenvalue weighted by Crippen LogP contribution is 2.39. The van der Waals surface area contributed by atoms with Gasteiger partial charge in [0.15, 0.2) is 13.6 Å². The number of hydrogen-bond acceptors (Lipinski definition) is 5. The molecule has 0 aliphatic rings. The third kappa shape index (κ3) is 4.79. The van der Waals surface area contributed by atoms with Crippen LogP contribution in [0.5, 0.6) is 11.5 Å². The first-order chi connectivity index (χ1) is 13.9. The van der Waals surface area contributed by atoms with Gasteiger partial charge >= 0.3 is 0 Å². The molecule has 0 N–H and O–H groups in total. The lowest BCUT2D eigenvalue weighted by Crippen LogP contribution is -2.18. The fourth-order valence-corrected chi connectivity index (χ4v) is 4.63. The van der Waals surface area contributed by atoms with Crippen molar-refractivity contribution in [3.63, 3.8) is 0 Å². The lowest BCUT2D eigenvalue weighted by molar-refractivity contribution is 0.0979. The lowest BCUT2D eigenvalue weighted by atomic mass is 9.84. The van der Waals surface area contributed by atoms with Gasteiger partial charge < -0.3 is 9.47 Å². The minimum atomic E-state index is -2.47. The molecule has 2 aromatic rings. The molecule has 0 bridgehead atoms. The molecule has 161 valence electrons. The minimum Gasteiger partial charge on any atom is -0.497 e. The largest absolute Gasteiger partial charge is 0.497 e. The Morgan fingerprint density at radius 2 is 1.53 bits per heavy atom. The number of carbonyl (C=O) groups excluding carboxylic acids is 2.